The Morgan fingerprint density at radius 2 is 2.11 bits per heavy atom. The first-order valence-corrected chi connectivity index (χ1v) is 12.4. The monoisotopic (exact) mass is 477 g/mol. The lowest BCUT2D eigenvalue weighted by atomic mass is 9.79. The molecule has 1 aliphatic carbocycles. The first-order chi connectivity index (χ1) is 17.1. The summed E-state index contributed by atoms with van der Waals surface area (Å²) in [6.07, 6.45) is 9.88. The lowest BCUT2D eigenvalue weighted by Gasteiger charge is -2.35. The van der Waals surface area contributed by atoms with Gasteiger partial charge in [-0.15, -0.1) is 0 Å². The highest BCUT2D eigenvalue weighted by Crippen LogP contribution is 2.34. The Morgan fingerprint density at radius 1 is 1.23 bits per heavy atom. The van der Waals surface area contributed by atoms with Crippen molar-refractivity contribution in [3.63, 3.8) is 0 Å². The number of pyridine rings is 2. The molecule has 9 heteroatoms. The van der Waals surface area contributed by atoms with Gasteiger partial charge in [0.05, 0.1) is 22.7 Å². The quantitative estimate of drug-likeness (QED) is 0.352. The number of aromatic amines is 1. The highest BCUT2D eigenvalue weighted by Gasteiger charge is 2.30. The van der Waals surface area contributed by atoms with Crippen molar-refractivity contribution in [1.29, 1.82) is 0 Å². The van der Waals surface area contributed by atoms with E-state index < -0.39 is 17.9 Å². The molecule has 9 nitrogen and oxygen atoms in total. The van der Waals surface area contributed by atoms with E-state index in [1.54, 1.807) is 18.3 Å². The largest absolute Gasteiger partial charge is 0.480 e. The maximum absolute atomic E-state index is 12.7. The SMILES string of the molecule is O=C(N[C@@H](CCOC1CC(CCc2ccc3c(n2)NCCC3)C1)C(=O)O)c1ccnc2cc[nH]c12. The topological polar surface area (TPSA) is 129 Å². The summed E-state index contributed by atoms with van der Waals surface area (Å²) in [6, 6.07) is 6.67. The summed E-state index contributed by atoms with van der Waals surface area (Å²) in [5.74, 6) is 0.139. The average molecular weight is 478 g/mol. The first-order valence-electron chi connectivity index (χ1n) is 12.4. The molecule has 0 unspecified atom stereocenters. The number of carbonyl (C=O) groups is 2. The van der Waals surface area contributed by atoms with E-state index in [2.05, 4.69) is 32.7 Å². The number of hydrogen-bond acceptors (Lipinski definition) is 6. The van der Waals surface area contributed by atoms with Gasteiger partial charge in [-0.3, -0.25) is 9.78 Å². The Labute approximate surface area is 203 Å². The fourth-order valence-corrected chi connectivity index (χ4v) is 4.90. The smallest absolute Gasteiger partial charge is 0.326 e. The van der Waals surface area contributed by atoms with E-state index in [9.17, 15) is 14.7 Å². The van der Waals surface area contributed by atoms with Crippen LogP contribution in [-0.2, 0) is 22.4 Å². The summed E-state index contributed by atoms with van der Waals surface area (Å²) < 4.78 is 5.90. The van der Waals surface area contributed by atoms with Crippen molar-refractivity contribution in [2.45, 2.75) is 57.1 Å². The predicted octanol–water partition coefficient (Wildman–Crippen LogP) is 3.32. The second-order valence-corrected chi connectivity index (χ2v) is 9.46. The molecule has 184 valence electrons. The number of amides is 1. The van der Waals surface area contributed by atoms with Crippen LogP contribution < -0.4 is 10.6 Å². The van der Waals surface area contributed by atoms with Crippen molar-refractivity contribution in [2.24, 2.45) is 5.92 Å². The van der Waals surface area contributed by atoms with E-state index in [0.29, 0.717) is 29.1 Å². The molecule has 1 atom stereocenters. The van der Waals surface area contributed by atoms with E-state index in [1.807, 2.05) is 0 Å². The Hall–Kier alpha value is -3.46. The van der Waals surface area contributed by atoms with Gasteiger partial charge in [-0.25, -0.2) is 9.78 Å². The van der Waals surface area contributed by atoms with E-state index in [-0.39, 0.29) is 12.5 Å². The Balaban J connectivity index is 1.03. The number of anilines is 1. The number of aromatic nitrogens is 3. The van der Waals surface area contributed by atoms with Gasteiger partial charge in [0.1, 0.15) is 11.9 Å². The van der Waals surface area contributed by atoms with Crippen molar-refractivity contribution < 1.29 is 19.4 Å². The van der Waals surface area contributed by atoms with E-state index >= 15 is 0 Å². The summed E-state index contributed by atoms with van der Waals surface area (Å²) in [4.78, 5) is 36.3. The second-order valence-electron chi connectivity index (χ2n) is 9.46. The van der Waals surface area contributed by atoms with Crippen molar-refractivity contribution in [1.82, 2.24) is 20.3 Å². The number of hydrogen-bond donors (Lipinski definition) is 4. The van der Waals surface area contributed by atoms with Gasteiger partial charge >= 0.3 is 5.97 Å². The van der Waals surface area contributed by atoms with Gasteiger partial charge in [0.25, 0.3) is 5.91 Å². The number of ether oxygens (including phenoxy) is 1. The Kier molecular flexibility index (Phi) is 6.94. The van der Waals surface area contributed by atoms with Crippen LogP contribution in [0, 0.1) is 5.92 Å². The summed E-state index contributed by atoms with van der Waals surface area (Å²) in [6.45, 7) is 1.29. The number of carboxylic acid groups (broad SMARTS) is 1. The lowest BCUT2D eigenvalue weighted by Crippen LogP contribution is -2.42. The molecule has 3 aromatic rings. The van der Waals surface area contributed by atoms with Gasteiger partial charge in [0, 0.05) is 37.7 Å². The van der Waals surface area contributed by atoms with Crippen molar-refractivity contribution in [3.8, 4) is 0 Å². The third-order valence-electron chi connectivity index (χ3n) is 7.01. The number of fused-ring (bicyclic) bond motifs is 2. The minimum Gasteiger partial charge on any atom is -0.480 e. The Morgan fingerprint density at radius 3 is 2.97 bits per heavy atom. The number of carbonyl (C=O) groups excluding carboxylic acids is 1. The maximum Gasteiger partial charge on any atom is 0.326 e. The van der Waals surface area contributed by atoms with Crippen LogP contribution in [0.25, 0.3) is 11.0 Å². The van der Waals surface area contributed by atoms with Gasteiger partial charge in [0.2, 0.25) is 0 Å². The fourth-order valence-electron chi connectivity index (χ4n) is 4.90. The number of nitrogens with one attached hydrogen (secondary N) is 3. The van der Waals surface area contributed by atoms with Crippen LogP contribution in [0.1, 0.15) is 53.7 Å². The minimum atomic E-state index is -1.07. The van der Waals surface area contributed by atoms with Crippen molar-refractivity contribution in [3.05, 3.63) is 53.5 Å². The molecule has 4 heterocycles. The van der Waals surface area contributed by atoms with E-state index in [4.69, 9.17) is 9.72 Å². The molecule has 4 N–H and O–H groups in total. The summed E-state index contributed by atoms with van der Waals surface area (Å²) in [5, 5.41) is 15.6. The molecule has 2 aliphatic rings. The summed E-state index contributed by atoms with van der Waals surface area (Å²) in [5.41, 5.74) is 4.07. The molecule has 1 amide bonds. The molecule has 1 aliphatic heterocycles. The number of aliphatic carboxylic acids is 1. The zero-order chi connectivity index (χ0) is 24.2. The molecule has 1 fully saturated rings. The number of nitrogens with zero attached hydrogens (tertiary/aromatic N) is 2. The molecule has 0 aromatic carbocycles. The van der Waals surface area contributed by atoms with Crippen LogP contribution in [0.4, 0.5) is 5.82 Å². The highest BCUT2D eigenvalue weighted by molar-refractivity contribution is 6.05. The van der Waals surface area contributed by atoms with Crippen molar-refractivity contribution >= 4 is 28.7 Å². The third kappa shape index (κ3) is 5.45. The second kappa shape index (κ2) is 10.4. The van der Waals surface area contributed by atoms with Gasteiger partial charge in [-0.05, 0) is 68.2 Å². The van der Waals surface area contributed by atoms with Gasteiger partial charge in [-0.1, -0.05) is 6.07 Å². The van der Waals surface area contributed by atoms with Crippen LogP contribution in [-0.4, -0.2) is 57.2 Å². The third-order valence-corrected chi connectivity index (χ3v) is 7.01. The van der Waals surface area contributed by atoms with Gasteiger partial charge < -0.3 is 25.5 Å². The van der Waals surface area contributed by atoms with Crippen LogP contribution in [0.2, 0.25) is 0 Å². The number of carboxylic acids is 1. The van der Waals surface area contributed by atoms with Gasteiger partial charge in [0.15, 0.2) is 0 Å². The first kappa shape index (κ1) is 23.3. The van der Waals surface area contributed by atoms with Crippen LogP contribution in [0.15, 0.2) is 36.7 Å². The van der Waals surface area contributed by atoms with E-state index in [1.165, 1.54) is 18.2 Å². The zero-order valence-corrected chi connectivity index (χ0v) is 19.6. The van der Waals surface area contributed by atoms with E-state index in [0.717, 1.165) is 50.2 Å². The van der Waals surface area contributed by atoms with Gasteiger partial charge in [-0.2, -0.15) is 0 Å². The summed E-state index contributed by atoms with van der Waals surface area (Å²) in [7, 11) is 0. The van der Waals surface area contributed by atoms with Crippen LogP contribution in [0.3, 0.4) is 0 Å². The molecule has 5 rings (SSSR count). The lowest BCUT2D eigenvalue weighted by molar-refractivity contribution is -0.140. The van der Waals surface area contributed by atoms with Crippen molar-refractivity contribution in [2.75, 3.05) is 18.5 Å². The molecular weight excluding hydrogens is 446 g/mol. The Bertz CT molecular complexity index is 1200. The zero-order valence-electron chi connectivity index (χ0n) is 19.6. The number of aryl methyl sites for hydroxylation is 2. The number of rotatable bonds is 10. The maximum atomic E-state index is 12.7. The molecule has 0 spiro atoms. The normalized spacial score (nSPS) is 19.9. The molecule has 0 saturated heterocycles. The standard InChI is InChI=1S/C26H31N5O4/c32-25(20-7-11-27-21-8-12-28-23(20)21)31-22(26(33)34)9-13-35-19-14-16(15-19)3-5-18-6-4-17-2-1-10-29-24(17)30-18/h4,6-8,11-12,16,19,22,28H,1-3,5,9-10,13-15H2,(H,29,30)(H,31,32)(H,33,34)/t16?,19?,22-/m0/s1. The molecular formula is C26H31N5O4. The minimum absolute atomic E-state index is 0.155. The molecule has 3 aromatic heterocycles. The fraction of sp³-hybridized carbons (Fsp3) is 0.462. The highest BCUT2D eigenvalue weighted by atomic mass is 16.5. The van der Waals surface area contributed by atoms with Crippen LogP contribution >= 0.6 is 0 Å². The average Bonchev–Trinajstić information content (AvgIpc) is 3.32. The van der Waals surface area contributed by atoms with Crippen LogP contribution in [0.5, 0.6) is 0 Å². The summed E-state index contributed by atoms with van der Waals surface area (Å²) >= 11 is 0. The molecule has 0 bridgehead atoms. The molecule has 1 saturated carbocycles. The predicted molar refractivity (Wildman–Crippen MR) is 131 cm³/mol. The molecule has 35 heavy (non-hydrogen) atoms. The molecule has 0 radical (unpaired) electrons. The number of H-pyrrole nitrogens is 1.